The fourth-order valence-electron chi connectivity index (χ4n) is 0.379. The molecule has 0 amide bonds. The monoisotopic (exact) mass is 164 g/mol. The van der Waals surface area contributed by atoms with Crippen LogP contribution in [0.3, 0.4) is 0 Å². The van der Waals surface area contributed by atoms with Crippen LogP contribution in [0.15, 0.2) is 18.3 Å². The molecule has 1 N–H and O–H groups in total. The molecule has 0 aliphatic carbocycles. The number of hydrogen-bond acceptors (Lipinski definition) is 3. The maximum absolute atomic E-state index is 8.36. The van der Waals surface area contributed by atoms with Crippen LogP contribution in [-0.4, -0.2) is 70.7 Å². The number of rotatable bonds is 0. The summed E-state index contributed by atoms with van der Waals surface area (Å²) in [4.78, 5) is 8.36. The summed E-state index contributed by atoms with van der Waals surface area (Å²) in [5, 5.41) is 14.4. The summed E-state index contributed by atoms with van der Waals surface area (Å²) in [7, 11) is 0. The topological polar surface area (TPSA) is 63.1 Å². The molecule has 0 unspecified atom stereocenters. The van der Waals surface area contributed by atoms with E-state index in [2.05, 4.69) is 10.2 Å². The standard InChI is InChI=1S/C4H3N2.CH2O2.K/c1-2-4-6-5-3-1;2-1-3;/h1-3H;1H,(H,2,3);. The molecule has 0 aliphatic rings. The number of aromatic nitrogens is 2. The normalized spacial score (nSPS) is 7.40. The molecule has 1 rings (SSSR count). The third-order valence-electron chi connectivity index (χ3n) is 0.706. The second kappa shape index (κ2) is 7.30. The van der Waals surface area contributed by atoms with E-state index in [0.717, 1.165) is -0.212 Å². The van der Waals surface area contributed by atoms with Crippen molar-refractivity contribution in [3.63, 3.8) is 0 Å². The summed E-state index contributed by atoms with van der Waals surface area (Å²) in [6, 6.07) is 3.90. The molecule has 5 heteroatoms. The Kier molecular flexibility index (Phi) is 7.43. The second-order valence-electron chi connectivity index (χ2n) is 1.47. The maximum atomic E-state index is 8.36. The van der Waals surface area contributed by atoms with Crippen LogP contribution in [0.1, 0.15) is 0 Å². The Morgan fingerprint density at radius 2 is 2.30 bits per heavy atom. The van der Waals surface area contributed by atoms with Gasteiger partial charge in [-0.05, 0) is 0 Å². The first kappa shape index (κ1) is 10.2. The van der Waals surface area contributed by atoms with Gasteiger partial charge in [0.2, 0.25) is 0 Å². The van der Waals surface area contributed by atoms with E-state index in [-0.39, 0.29) is 6.47 Å². The Labute approximate surface area is 92.2 Å². The van der Waals surface area contributed by atoms with Crippen LogP contribution in [0, 0.1) is 0 Å². The zero-order valence-electron chi connectivity index (χ0n) is 5.56. The number of hydrogen-bond donors (Lipinski definition) is 1. The van der Waals surface area contributed by atoms with Crippen LogP contribution in [-0.2, 0) is 4.79 Å². The molecule has 0 aliphatic heterocycles. The van der Waals surface area contributed by atoms with Crippen LogP contribution >= 0.6 is 0 Å². The van der Waals surface area contributed by atoms with E-state index >= 15 is 0 Å². The van der Waals surface area contributed by atoms with E-state index in [9.17, 15) is 0 Å². The zero-order valence-corrected chi connectivity index (χ0v) is 8.68. The molecular weight excluding hydrogens is 159 g/mol. The van der Waals surface area contributed by atoms with Gasteiger partial charge >= 0.3 is 77.3 Å². The first-order valence-electron chi connectivity index (χ1n) is 2.63. The molecule has 0 bridgehead atoms. The van der Waals surface area contributed by atoms with Gasteiger partial charge in [0.1, 0.15) is 0 Å². The van der Waals surface area contributed by atoms with Crippen LogP contribution in [0.5, 0.6) is 0 Å². The van der Waals surface area contributed by atoms with Gasteiger partial charge < -0.3 is 5.11 Å². The number of carbonyl (C=O) groups is 1. The Bertz CT molecular complexity index is 180. The molecule has 0 saturated carbocycles. The van der Waals surface area contributed by atoms with E-state index in [4.69, 9.17) is 9.90 Å². The molecule has 1 aromatic heterocycles. The fraction of sp³-hybridized carbons (Fsp3) is 0. The Morgan fingerprint density at radius 3 is 2.50 bits per heavy atom. The van der Waals surface area contributed by atoms with Crippen molar-refractivity contribution in [2.45, 2.75) is 0 Å². The van der Waals surface area contributed by atoms with Gasteiger partial charge in [-0.15, -0.1) is 0 Å². The molecule has 0 saturated heterocycles. The van der Waals surface area contributed by atoms with Crippen molar-refractivity contribution in [2.24, 2.45) is 0 Å². The molecule has 0 atom stereocenters. The predicted molar refractivity (Wildman–Crippen MR) is 36.1 cm³/mol. The molecule has 1 heterocycles. The SMILES string of the molecule is O=CO.[K][c]1cccnn1. The molecule has 0 fully saturated rings. The average molecular weight is 164 g/mol. The van der Waals surface area contributed by atoms with Crippen LogP contribution in [0.25, 0.3) is 0 Å². The van der Waals surface area contributed by atoms with E-state index in [1.165, 1.54) is 0 Å². The van der Waals surface area contributed by atoms with Gasteiger partial charge in [-0.25, -0.2) is 0 Å². The van der Waals surface area contributed by atoms with Gasteiger partial charge in [0, 0.05) is 0 Å². The minimum absolute atomic E-state index is 0.250. The first-order valence-corrected chi connectivity index (χ1v) is 4.19. The predicted octanol–water partition coefficient (Wildman–Crippen LogP) is -1.03. The van der Waals surface area contributed by atoms with E-state index in [1.807, 2.05) is 12.1 Å². The van der Waals surface area contributed by atoms with Crippen LogP contribution < -0.4 is -0.212 Å². The van der Waals surface area contributed by atoms with E-state index in [0.29, 0.717) is 49.0 Å². The van der Waals surface area contributed by atoms with Crippen LogP contribution in [0.4, 0.5) is 0 Å². The molecular formula is C5H5KN2O2. The van der Waals surface area contributed by atoms with Crippen molar-refractivity contribution in [3.8, 4) is 0 Å². The van der Waals surface area contributed by atoms with Crippen molar-refractivity contribution in [3.05, 3.63) is 18.3 Å². The van der Waals surface area contributed by atoms with Crippen molar-refractivity contribution in [1.29, 1.82) is 0 Å². The molecule has 0 radical (unpaired) electrons. The molecule has 1 aromatic rings. The van der Waals surface area contributed by atoms with Crippen molar-refractivity contribution >= 4 is 55.2 Å². The molecule has 48 valence electrons. The first-order chi connectivity index (χ1) is 4.81. The Morgan fingerprint density at radius 1 is 1.70 bits per heavy atom. The van der Waals surface area contributed by atoms with Crippen molar-refractivity contribution in [1.82, 2.24) is 10.2 Å². The summed E-state index contributed by atoms with van der Waals surface area (Å²) < 4.78 is 1.15. The average Bonchev–Trinajstić information content (AvgIpc) is 1.91. The molecule has 0 spiro atoms. The third kappa shape index (κ3) is 6.31. The van der Waals surface area contributed by atoms with Gasteiger partial charge in [-0.1, -0.05) is 0 Å². The summed E-state index contributed by atoms with van der Waals surface area (Å²) in [6.07, 6.45) is 1.69. The Hall–Kier alpha value is 0.186. The molecule has 10 heavy (non-hydrogen) atoms. The quantitative estimate of drug-likeness (QED) is 0.393. The Balaban J connectivity index is 0.000000236. The summed E-state index contributed by atoms with van der Waals surface area (Å²) in [5.41, 5.74) is 0. The van der Waals surface area contributed by atoms with Crippen LogP contribution in [0.2, 0.25) is 0 Å². The van der Waals surface area contributed by atoms with Crippen molar-refractivity contribution in [2.75, 3.05) is 0 Å². The fourth-order valence-corrected chi connectivity index (χ4v) is 0.859. The van der Waals surface area contributed by atoms with Crippen molar-refractivity contribution < 1.29 is 9.90 Å². The number of nitrogens with zero attached hydrogens (tertiary/aromatic N) is 2. The van der Waals surface area contributed by atoms with E-state index in [1.54, 1.807) is 6.20 Å². The van der Waals surface area contributed by atoms with Gasteiger partial charge in [-0.2, -0.15) is 0 Å². The summed E-state index contributed by atoms with van der Waals surface area (Å²) in [5.74, 6) is 0. The zero-order chi connectivity index (χ0) is 7.82. The summed E-state index contributed by atoms with van der Waals surface area (Å²) >= 11 is 0.682. The van der Waals surface area contributed by atoms with E-state index < -0.39 is 0 Å². The van der Waals surface area contributed by atoms with Gasteiger partial charge in [0.25, 0.3) is 6.47 Å². The second-order valence-corrected chi connectivity index (χ2v) is 3.07. The summed E-state index contributed by atoms with van der Waals surface area (Å²) in [6.45, 7) is -0.250. The van der Waals surface area contributed by atoms with Gasteiger partial charge in [0.05, 0.1) is 0 Å². The molecule has 0 aromatic carbocycles. The third-order valence-corrected chi connectivity index (χ3v) is 1.54. The molecule has 4 nitrogen and oxygen atoms in total. The minimum atomic E-state index is -0.250. The number of carboxylic acid groups (broad SMARTS) is 1. The van der Waals surface area contributed by atoms with Gasteiger partial charge in [0.15, 0.2) is 0 Å². The van der Waals surface area contributed by atoms with Gasteiger partial charge in [-0.3, -0.25) is 4.79 Å².